The van der Waals surface area contributed by atoms with Gasteiger partial charge in [-0.15, -0.1) is 23.5 Å². The molecule has 0 saturated carbocycles. The van der Waals surface area contributed by atoms with E-state index in [1.807, 2.05) is 13.8 Å². The van der Waals surface area contributed by atoms with E-state index in [0.29, 0.717) is 57.6 Å². The Kier molecular flexibility index (Phi) is 36.4. The van der Waals surface area contributed by atoms with Crippen LogP contribution < -0.4 is 11.1 Å². The smallest absolute Gasteiger partial charge is 0.400 e. The molecule has 0 bridgehead atoms. The Labute approximate surface area is 366 Å². The van der Waals surface area contributed by atoms with Crippen molar-refractivity contribution in [2.45, 2.75) is 67.9 Å². The number of aliphatic hydroxyl groups excluding tert-OH is 4. The molecule has 0 saturated heterocycles. The quantitative estimate of drug-likeness (QED) is 0.0312. The number of thioether (sulfide) groups is 2. The Morgan fingerprint density at radius 1 is 0.783 bits per heavy atom. The maximum Gasteiger partial charge on any atom is 0.471 e. The summed E-state index contributed by atoms with van der Waals surface area (Å²) in [6.45, 7) is 3.81. The summed E-state index contributed by atoms with van der Waals surface area (Å²) < 4.78 is 88.6. The maximum absolute atomic E-state index is 12.6. The number of carbonyl (C=O) groups is 3. The van der Waals surface area contributed by atoms with Crippen molar-refractivity contribution in [3.05, 3.63) is 59.3 Å². The van der Waals surface area contributed by atoms with E-state index < -0.39 is 30.4 Å². The number of nitrogens with zero attached hydrogens (tertiary/aromatic N) is 4. The van der Waals surface area contributed by atoms with Crippen LogP contribution in [-0.4, -0.2) is 107 Å². The second kappa shape index (κ2) is 34.8. The van der Waals surface area contributed by atoms with Gasteiger partial charge >= 0.3 is 24.1 Å². The molecule has 338 valence electrons. The average Bonchev–Trinajstić information content (AvgIpc) is 3.96. The fourth-order valence-corrected chi connectivity index (χ4v) is 5.13. The third-order valence-corrected chi connectivity index (χ3v) is 7.82. The molecule has 4 aromatic rings. The minimum Gasteiger partial charge on any atom is -0.400 e. The molecule has 60 heavy (non-hydrogen) atoms. The molecule has 2 aromatic heterocycles. The van der Waals surface area contributed by atoms with Crippen LogP contribution in [0.15, 0.2) is 55.2 Å². The molecule has 2 aromatic carbocycles. The molecule has 1 atom stereocenters. The van der Waals surface area contributed by atoms with E-state index >= 15 is 0 Å². The van der Waals surface area contributed by atoms with Gasteiger partial charge < -0.3 is 45.3 Å². The van der Waals surface area contributed by atoms with Crippen molar-refractivity contribution in [3.8, 4) is 22.8 Å². The molecule has 25 heteroatoms. The summed E-state index contributed by atoms with van der Waals surface area (Å²) in [6.07, 6.45) is -3.35. The minimum absolute atomic E-state index is 0. The van der Waals surface area contributed by atoms with Gasteiger partial charge in [-0.1, -0.05) is 42.4 Å². The van der Waals surface area contributed by atoms with Crippen LogP contribution in [0.3, 0.4) is 0 Å². The van der Waals surface area contributed by atoms with Gasteiger partial charge in [-0.25, -0.2) is 0 Å². The number of benzene rings is 2. The third kappa shape index (κ3) is 22.6. The van der Waals surface area contributed by atoms with Crippen LogP contribution in [0.4, 0.5) is 26.3 Å². The Bertz CT molecular complexity index is 1770. The summed E-state index contributed by atoms with van der Waals surface area (Å²) in [6, 6.07) is 9.35. The number of alkyl halides is 6. The molecule has 1 unspecified atom stereocenters. The van der Waals surface area contributed by atoms with Gasteiger partial charge in [-0.3, -0.25) is 14.4 Å². The first-order valence-electron chi connectivity index (χ1n) is 16.6. The Hall–Kier alpha value is -3.88. The molecular formula is C35H50F6N6O10S2Ti. The van der Waals surface area contributed by atoms with Crippen LogP contribution in [0.1, 0.15) is 73.5 Å². The van der Waals surface area contributed by atoms with Gasteiger partial charge in [0.25, 0.3) is 0 Å². The number of nitrogens with two attached hydrogens (primary N) is 1. The predicted molar refractivity (Wildman–Crippen MR) is 208 cm³/mol. The zero-order valence-electron chi connectivity index (χ0n) is 34.1. The number of aromatic nitrogens is 4. The van der Waals surface area contributed by atoms with E-state index in [-0.39, 0.29) is 45.2 Å². The van der Waals surface area contributed by atoms with Crippen LogP contribution in [0.2, 0.25) is 0 Å². The van der Waals surface area contributed by atoms with E-state index in [2.05, 4.69) is 34.6 Å². The van der Waals surface area contributed by atoms with Crippen molar-refractivity contribution in [1.29, 1.82) is 0 Å². The molecular weight excluding hydrogens is 890 g/mol. The molecule has 0 aliphatic carbocycles. The Morgan fingerprint density at radius 3 is 1.52 bits per heavy atom. The monoisotopic (exact) mass is 940 g/mol. The number of hydrogen-bond acceptors (Lipinski definition) is 16. The van der Waals surface area contributed by atoms with Crippen molar-refractivity contribution >= 4 is 41.6 Å². The van der Waals surface area contributed by atoms with E-state index in [1.54, 1.807) is 36.8 Å². The molecule has 0 spiro atoms. The van der Waals surface area contributed by atoms with Crippen molar-refractivity contribution < 1.29 is 96.7 Å². The number of halogens is 6. The second-order valence-corrected chi connectivity index (χ2v) is 11.7. The largest absolute Gasteiger partial charge is 0.471 e. The molecule has 16 nitrogen and oxygen atoms in total. The number of aldehydes is 1. The van der Waals surface area contributed by atoms with E-state index in [9.17, 15) is 40.7 Å². The van der Waals surface area contributed by atoms with E-state index in [0.717, 1.165) is 34.9 Å². The molecule has 0 fully saturated rings. The van der Waals surface area contributed by atoms with Crippen LogP contribution >= 0.6 is 23.5 Å². The summed E-state index contributed by atoms with van der Waals surface area (Å²) in [5.74, 6) is -3.49. The zero-order chi connectivity index (χ0) is 46.4. The molecule has 0 radical (unpaired) electrons. The van der Waals surface area contributed by atoms with Gasteiger partial charge in [0.2, 0.25) is 23.5 Å². The van der Waals surface area contributed by atoms with Crippen molar-refractivity contribution in [2.75, 3.05) is 48.1 Å². The van der Waals surface area contributed by atoms with Gasteiger partial charge in [0.1, 0.15) is 0 Å². The third-order valence-electron chi connectivity index (χ3n) is 6.23. The summed E-state index contributed by atoms with van der Waals surface area (Å²) >= 11 is 2.66. The van der Waals surface area contributed by atoms with Gasteiger partial charge in [0.15, 0.2) is 12.5 Å². The maximum atomic E-state index is 12.6. The Balaban J connectivity index is -0.000000404. The second-order valence-electron chi connectivity index (χ2n) is 10.0. The number of aliphatic hydroxyl groups is 4. The molecule has 0 aliphatic heterocycles. The minimum atomic E-state index is -4.70. The predicted octanol–water partition coefficient (Wildman–Crippen LogP) is 6.03. The SMILES string of the molecule is CCCC(=O)NC(OC)c1ccc(-c2noc(C(F)(F)F)n2)cc1SC.CCCC(N)=O.CO.CO.CO.CO.CSc1cc(-c2noc(C(F)(F)F)n2)ccc1C=O.[Ti]. The summed E-state index contributed by atoms with van der Waals surface area (Å²) in [5, 5.41) is 37.4. The Morgan fingerprint density at radius 2 is 1.20 bits per heavy atom. The summed E-state index contributed by atoms with van der Waals surface area (Å²) in [4.78, 5) is 40.4. The van der Waals surface area contributed by atoms with E-state index in [4.69, 9.17) is 30.9 Å². The van der Waals surface area contributed by atoms with Crippen LogP contribution in [0, 0.1) is 0 Å². The summed E-state index contributed by atoms with van der Waals surface area (Å²) in [7, 11) is 5.46. The number of rotatable bonds is 12. The van der Waals surface area contributed by atoms with Crippen molar-refractivity contribution in [1.82, 2.24) is 25.6 Å². The van der Waals surface area contributed by atoms with Gasteiger partial charge in [-0.05, 0) is 43.6 Å². The number of primary amides is 1. The fourth-order valence-electron chi connectivity index (χ4n) is 3.88. The first-order valence-corrected chi connectivity index (χ1v) is 19.0. The number of nitrogens with one attached hydrogen (secondary N) is 1. The topological polar surface area (TPSA) is 257 Å². The van der Waals surface area contributed by atoms with Gasteiger partial charge in [0, 0.05) is 102 Å². The van der Waals surface area contributed by atoms with Crippen molar-refractivity contribution in [2.24, 2.45) is 5.73 Å². The van der Waals surface area contributed by atoms with E-state index in [1.165, 1.54) is 42.8 Å². The number of ether oxygens (including phenoxy) is 1. The van der Waals surface area contributed by atoms with Crippen LogP contribution in [0.25, 0.3) is 22.8 Å². The molecule has 2 heterocycles. The average molecular weight is 941 g/mol. The first kappa shape index (κ1) is 62.8. The zero-order valence-corrected chi connectivity index (χ0v) is 37.3. The molecule has 0 aliphatic rings. The number of amides is 2. The normalized spacial score (nSPS) is 10.4. The van der Waals surface area contributed by atoms with Gasteiger partial charge in [0.05, 0.1) is 0 Å². The van der Waals surface area contributed by atoms with Crippen molar-refractivity contribution in [3.63, 3.8) is 0 Å². The first-order chi connectivity index (χ1) is 28.0. The number of carbonyl (C=O) groups excluding carboxylic acids is 3. The van der Waals surface area contributed by atoms with Crippen LogP contribution in [-0.2, 0) is 48.4 Å². The summed E-state index contributed by atoms with van der Waals surface area (Å²) in [5.41, 5.74) is 6.63. The number of methoxy groups -OCH3 is 1. The van der Waals surface area contributed by atoms with Crippen LogP contribution in [0.5, 0.6) is 0 Å². The molecule has 2 amide bonds. The molecule has 4 rings (SSSR count). The standard InChI is InChI=1S/C16H18F3N3O3S.C11H7F3N2O2S.C4H9NO.4CH4O.Ti/c1-4-5-12(23)20-14(24-2)10-7-6-9(8-11(10)26-3)13-21-15(25-22-13)16(17,18)19;1-19-8-4-6(2-3-7(8)5-17)9-15-10(18-16-9)11(12,13)14;1-2-3-4(5)6;4*1-2;/h6-8,14H,4-5H2,1-3H3,(H,20,23);2-5H,1H3;2-3H2,1H3,(H2,5,6);4*2H,1H3;. The van der Waals surface area contributed by atoms with Gasteiger partial charge in [-0.2, -0.15) is 36.3 Å². The molecule has 7 N–H and O–H groups in total. The number of hydrogen-bond donors (Lipinski definition) is 6. The fraction of sp³-hybridized carbons (Fsp3) is 0.457.